The van der Waals surface area contributed by atoms with Crippen molar-refractivity contribution in [3.8, 4) is 0 Å². The Hall–Kier alpha value is -1.45. The van der Waals surface area contributed by atoms with Gasteiger partial charge >= 0.3 is 0 Å². The minimum atomic E-state index is 0.665. The average molecular weight is 269 g/mol. The van der Waals surface area contributed by atoms with Crippen LogP contribution in [-0.4, -0.2) is 29.5 Å². The van der Waals surface area contributed by atoms with Crippen LogP contribution in [0.1, 0.15) is 24.1 Å². The van der Waals surface area contributed by atoms with Crippen LogP contribution in [0.15, 0.2) is 30.3 Å². The monoisotopic (exact) mass is 269 g/mol. The maximum absolute atomic E-state index is 5.84. The standard InChI is InChI=1S/C17H23N3/c1-13-9-15(16-6-2-3-7-17(16)19-13)12-20-8-4-5-14(10-18)11-20/h2-3,6-7,9,14H,4-5,8,10-12,18H2,1H3. The number of nitrogens with two attached hydrogens (primary N) is 1. The first-order chi connectivity index (χ1) is 9.76. The summed E-state index contributed by atoms with van der Waals surface area (Å²) in [6, 6.07) is 10.7. The first-order valence-corrected chi connectivity index (χ1v) is 7.54. The minimum Gasteiger partial charge on any atom is -0.330 e. The summed E-state index contributed by atoms with van der Waals surface area (Å²) in [5.41, 5.74) is 9.44. The van der Waals surface area contributed by atoms with Crippen LogP contribution < -0.4 is 5.73 Å². The second-order valence-corrected chi connectivity index (χ2v) is 5.92. The highest BCUT2D eigenvalue weighted by Crippen LogP contribution is 2.22. The van der Waals surface area contributed by atoms with E-state index in [1.165, 1.54) is 30.3 Å². The van der Waals surface area contributed by atoms with Crippen molar-refractivity contribution in [2.75, 3.05) is 19.6 Å². The van der Waals surface area contributed by atoms with E-state index in [1.54, 1.807) is 0 Å². The number of rotatable bonds is 3. The number of piperidine rings is 1. The lowest BCUT2D eigenvalue weighted by atomic mass is 9.97. The van der Waals surface area contributed by atoms with Crippen LogP contribution in [0.25, 0.3) is 10.9 Å². The van der Waals surface area contributed by atoms with Gasteiger partial charge in [0.1, 0.15) is 0 Å². The van der Waals surface area contributed by atoms with Gasteiger partial charge in [0, 0.05) is 24.2 Å². The molecule has 1 unspecified atom stereocenters. The number of pyridine rings is 1. The van der Waals surface area contributed by atoms with Crippen molar-refractivity contribution >= 4 is 10.9 Å². The molecule has 3 heteroatoms. The highest BCUT2D eigenvalue weighted by atomic mass is 15.1. The van der Waals surface area contributed by atoms with Crippen LogP contribution in [0.2, 0.25) is 0 Å². The van der Waals surface area contributed by atoms with E-state index in [-0.39, 0.29) is 0 Å². The minimum absolute atomic E-state index is 0.665. The first kappa shape index (κ1) is 13.5. The van der Waals surface area contributed by atoms with Gasteiger partial charge in [-0.05, 0) is 56.5 Å². The Morgan fingerprint density at radius 3 is 3.05 bits per heavy atom. The molecule has 0 amide bonds. The molecule has 1 aliphatic heterocycles. The van der Waals surface area contributed by atoms with Crippen molar-refractivity contribution < 1.29 is 0 Å². The zero-order valence-corrected chi connectivity index (χ0v) is 12.2. The zero-order chi connectivity index (χ0) is 13.9. The largest absolute Gasteiger partial charge is 0.330 e. The fraction of sp³-hybridized carbons (Fsp3) is 0.471. The highest BCUT2D eigenvalue weighted by molar-refractivity contribution is 5.82. The molecule has 0 aliphatic carbocycles. The Bertz CT molecular complexity index is 594. The second-order valence-electron chi connectivity index (χ2n) is 5.92. The van der Waals surface area contributed by atoms with Crippen molar-refractivity contribution in [2.24, 2.45) is 11.7 Å². The molecular formula is C17H23N3. The quantitative estimate of drug-likeness (QED) is 0.931. The molecule has 0 spiro atoms. The van der Waals surface area contributed by atoms with Crippen molar-refractivity contribution in [1.82, 2.24) is 9.88 Å². The maximum Gasteiger partial charge on any atom is 0.0708 e. The zero-order valence-electron chi connectivity index (χ0n) is 12.2. The lowest BCUT2D eigenvalue weighted by Gasteiger charge is -2.32. The summed E-state index contributed by atoms with van der Waals surface area (Å²) in [5, 5.41) is 1.29. The van der Waals surface area contributed by atoms with Crippen molar-refractivity contribution in [2.45, 2.75) is 26.3 Å². The van der Waals surface area contributed by atoms with Gasteiger partial charge in [-0.2, -0.15) is 0 Å². The van der Waals surface area contributed by atoms with Crippen molar-refractivity contribution in [3.63, 3.8) is 0 Å². The van der Waals surface area contributed by atoms with E-state index in [4.69, 9.17) is 5.73 Å². The van der Waals surface area contributed by atoms with Crippen molar-refractivity contribution in [1.29, 1.82) is 0 Å². The third kappa shape index (κ3) is 2.84. The summed E-state index contributed by atoms with van der Waals surface area (Å²) in [4.78, 5) is 7.17. The van der Waals surface area contributed by atoms with Crippen LogP contribution in [0.4, 0.5) is 0 Å². The van der Waals surface area contributed by atoms with E-state index in [9.17, 15) is 0 Å². The Balaban J connectivity index is 1.86. The summed E-state index contributed by atoms with van der Waals surface area (Å²) in [5.74, 6) is 0.665. The molecule has 1 aromatic carbocycles. The number of hydrogen-bond acceptors (Lipinski definition) is 3. The molecule has 20 heavy (non-hydrogen) atoms. The fourth-order valence-corrected chi connectivity index (χ4v) is 3.25. The summed E-state index contributed by atoms with van der Waals surface area (Å²) in [6.45, 7) is 6.22. The number of fused-ring (bicyclic) bond motifs is 1. The molecule has 2 heterocycles. The van der Waals surface area contributed by atoms with Gasteiger partial charge in [0.05, 0.1) is 5.52 Å². The van der Waals surface area contributed by atoms with Crippen LogP contribution >= 0.6 is 0 Å². The average Bonchev–Trinajstić information content (AvgIpc) is 2.47. The smallest absolute Gasteiger partial charge is 0.0708 e. The molecule has 2 aromatic rings. The Morgan fingerprint density at radius 1 is 1.35 bits per heavy atom. The van der Waals surface area contributed by atoms with Crippen LogP contribution in [0.5, 0.6) is 0 Å². The van der Waals surface area contributed by atoms with Crippen LogP contribution in [-0.2, 0) is 6.54 Å². The van der Waals surface area contributed by atoms with Gasteiger partial charge < -0.3 is 5.73 Å². The fourth-order valence-electron chi connectivity index (χ4n) is 3.25. The molecular weight excluding hydrogens is 246 g/mol. The number of benzene rings is 1. The number of para-hydroxylation sites is 1. The number of aromatic nitrogens is 1. The SMILES string of the molecule is Cc1cc(CN2CCCC(CN)C2)c2ccccc2n1. The van der Waals surface area contributed by atoms with Crippen LogP contribution in [0.3, 0.4) is 0 Å². The Kier molecular flexibility index (Phi) is 3.99. The number of aryl methyl sites for hydroxylation is 1. The molecule has 0 saturated carbocycles. The van der Waals surface area contributed by atoms with E-state index in [0.29, 0.717) is 5.92 Å². The van der Waals surface area contributed by atoms with E-state index in [1.807, 2.05) is 0 Å². The third-order valence-corrected chi connectivity index (χ3v) is 4.26. The highest BCUT2D eigenvalue weighted by Gasteiger charge is 2.19. The molecule has 0 radical (unpaired) electrons. The Morgan fingerprint density at radius 2 is 2.20 bits per heavy atom. The molecule has 3 nitrogen and oxygen atoms in total. The van der Waals surface area contributed by atoms with E-state index in [2.05, 4.69) is 47.1 Å². The molecule has 3 rings (SSSR count). The van der Waals surface area contributed by atoms with Gasteiger partial charge in [-0.15, -0.1) is 0 Å². The molecule has 1 fully saturated rings. The van der Waals surface area contributed by atoms with E-state index in [0.717, 1.165) is 30.8 Å². The number of nitrogens with zero attached hydrogens (tertiary/aromatic N) is 2. The van der Waals surface area contributed by atoms with Gasteiger partial charge in [-0.25, -0.2) is 0 Å². The van der Waals surface area contributed by atoms with Crippen LogP contribution in [0, 0.1) is 12.8 Å². The molecule has 2 N–H and O–H groups in total. The van der Waals surface area contributed by atoms with Gasteiger partial charge in [0.2, 0.25) is 0 Å². The van der Waals surface area contributed by atoms with E-state index < -0.39 is 0 Å². The summed E-state index contributed by atoms with van der Waals surface area (Å²) >= 11 is 0. The Labute approximate surface area is 120 Å². The molecule has 1 atom stereocenters. The summed E-state index contributed by atoms with van der Waals surface area (Å²) < 4.78 is 0. The van der Waals surface area contributed by atoms with Gasteiger partial charge in [-0.3, -0.25) is 9.88 Å². The number of likely N-dealkylation sites (tertiary alicyclic amines) is 1. The normalized spacial score (nSPS) is 20.4. The van der Waals surface area contributed by atoms with Gasteiger partial charge in [0.25, 0.3) is 0 Å². The topological polar surface area (TPSA) is 42.1 Å². The van der Waals surface area contributed by atoms with E-state index >= 15 is 0 Å². The number of hydrogen-bond donors (Lipinski definition) is 1. The molecule has 1 aromatic heterocycles. The molecule has 0 bridgehead atoms. The predicted molar refractivity (Wildman–Crippen MR) is 83.5 cm³/mol. The molecule has 1 saturated heterocycles. The van der Waals surface area contributed by atoms with Crippen molar-refractivity contribution in [3.05, 3.63) is 41.6 Å². The van der Waals surface area contributed by atoms with Gasteiger partial charge in [-0.1, -0.05) is 18.2 Å². The lowest BCUT2D eigenvalue weighted by molar-refractivity contribution is 0.171. The summed E-state index contributed by atoms with van der Waals surface area (Å²) in [6.07, 6.45) is 2.55. The lowest BCUT2D eigenvalue weighted by Crippen LogP contribution is -2.37. The first-order valence-electron chi connectivity index (χ1n) is 7.54. The third-order valence-electron chi connectivity index (χ3n) is 4.26. The molecule has 106 valence electrons. The predicted octanol–water partition coefficient (Wildman–Crippen LogP) is 2.71. The molecule has 1 aliphatic rings. The second kappa shape index (κ2) is 5.90. The summed E-state index contributed by atoms with van der Waals surface area (Å²) in [7, 11) is 0. The van der Waals surface area contributed by atoms with Gasteiger partial charge in [0.15, 0.2) is 0 Å². The maximum atomic E-state index is 5.84.